The fourth-order valence-corrected chi connectivity index (χ4v) is 3.34. The zero-order chi connectivity index (χ0) is 15.5. The molecule has 0 aliphatic rings. The molecule has 0 spiro atoms. The largest absolute Gasteiger partial charge is 0.550 e. The molecule has 0 amide bonds. The van der Waals surface area contributed by atoms with E-state index < -0.39 is 5.97 Å². The summed E-state index contributed by atoms with van der Waals surface area (Å²) in [4.78, 5) is 16.3. The zero-order valence-corrected chi connectivity index (χ0v) is 13.0. The van der Waals surface area contributed by atoms with Gasteiger partial charge in [-0.1, -0.05) is 54.1 Å². The Morgan fingerprint density at radius 2 is 1.73 bits per heavy atom. The third kappa shape index (κ3) is 3.18. The molecule has 0 unspecified atom stereocenters. The molecule has 0 N–H and O–H groups in total. The molecule has 5 heteroatoms. The van der Waals surface area contributed by atoms with E-state index in [2.05, 4.69) is 4.98 Å². The van der Waals surface area contributed by atoms with Crippen LogP contribution in [0.15, 0.2) is 54.6 Å². The Kier molecular flexibility index (Phi) is 4.22. The van der Waals surface area contributed by atoms with E-state index in [4.69, 9.17) is 11.6 Å². The van der Waals surface area contributed by atoms with Gasteiger partial charge in [-0.15, -0.1) is 11.3 Å². The van der Waals surface area contributed by atoms with Gasteiger partial charge in [0.25, 0.3) is 0 Å². The minimum Gasteiger partial charge on any atom is -0.550 e. The number of benzene rings is 2. The summed E-state index contributed by atoms with van der Waals surface area (Å²) in [5.74, 6) is -1.11. The molecule has 22 heavy (non-hydrogen) atoms. The quantitative estimate of drug-likeness (QED) is 0.737. The van der Waals surface area contributed by atoms with Gasteiger partial charge in [-0.05, 0) is 12.1 Å². The van der Waals surface area contributed by atoms with Gasteiger partial charge in [0.2, 0.25) is 0 Å². The number of nitrogens with zero attached hydrogens (tertiary/aromatic N) is 1. The van der Waals surface area contributed by atoms with Crippen LogP contribution in [0.5, 0.6) is 0 Å². The topological polar surface area (TPSA) is 53.0 Å². The Morgan fingerprint density at radius 1 is 1.05 bits per heavy atom. The first kappa shape index (κ1) is 14.8. The van der Waals surface area contributed by atoms with E-state index in [9.17, 15) is 9.90 Å². The summed E-state index contributed by atoms with van der Waals surface area (Å²) < 4.78 is 0. The van der Waals surface area contributed by atoms with Crippen molar-refractivity contribution >= 4 is 28.9 Å². The number of carbonyl (C=O) groups excluding carboxylic acids is 1. The third-order valence-electron chi connectivity index (χ3n) is 3.14. The van der Waals surface area contributed by atoms with E-state index in [1.807, 2.05) is 42.5 Å². The van der Waals surface area contributed by atoms with Crippen molar-refractivity contribution in [3.63, 3.8) is 0 Å². The van der Waals surface area contributed by atoms with Gasteiger partial charge in [0, 0.05) is 33.4 Å². The highest BCUT2D eigenvalue weighted by Gasteiger charge is 2.14. The van der Waals surface area contributed by atoms with Gasteiger partial charge in [0.15, 0.2) is 0 Å². The van der Waals surface area contributed by atoms with Crippen LogP contribution in [0.4, 0.5) is 0 Å². The Bertz CT molecular complexity index is 797. The molecular weight excluding hydrogens is 318 g/mol. The van der Waals surface area contributed by atoms with Gasteiger partial charge in [0.05, 0.1) is 5.69 Å². The Hall–Kier alpha value is -2.17. The van der Waals surface area contributed by atoms with Crippen molar-refractivity contribution in [2.75, 3.05) is 0 Å². The second-order valence-electron chi connectivity index (χ2n) is 4.71. The van der Waals surface area contributed by atoms with Crippen LogP contribution in [-0.4, -0.2) is 11.0 Å². The molecule has 1 heterocycles. The predicted octanol–water partition coefficient (Wildman–Crippen LogP) is 3.42. The average molecular weight is 329 g/mol. The summed E-state index contributed by atoms with van der Waals surface area (Å²) in [6.07, 6.45) is -0.150. The SMILES string of the molecule is O=C([O-])Cc1sc(-c2ccccc2)nc1-c1ccc(Cl)cc1. The van der Waals surface area contributed by atoms with E-state index >= 15 is 0 Å². The third-order valence-corrected chi connectivity index (χ3v) is 4.50. The minimum atomic E-state index is -1.11. The van der Waals surface area contributed by atoms with Gasteiger partial charge in [-0.2, -0.15) is 0 Å². The number of aliphatic carboxylic acids is 1. The van der Waals surface area contributed by atoms with E-state index in [0.29, 0.717) is 15.6 Å². The Labute approximate surface area is 136 Å². The molecule has 3 rings (SSSR count). The van der Waals surface area contributed by atoms with Crippen LogP contribution < -0.4 is 5.11 Å². The monoisotopic (exact) mass is 328 g/mol. The number of carboxylic acids is 1. The molecule has 0 atom stereocenters. The maximum atomic E-state index is 11.0. The number of hydrogen-bond donors (Lipinski definition) is 0. The summed E-state index contributed by atoms with van der Waals surface area (Å²) in [6.45, 7) is 0. The van der Waals surface area contributed by atoms with Crippen LogP contribution in [0, 0.1) is 0 Å². The predicted molar refractivity (Wildman–Crippen MR) is 86.7 cm³/mol. The van der Waals surface area contributed by atoms with Crippen molar-refractivity contribution in [1.29, 1.82) is 0 Å². The lowest BCUT2D eigenvalue weighted by Gasteiger charge is -2.03. The molecule has 0 bridgehead atoms. The molecule has 3 nitrogen and oxygen atoms in total. The standard InChI is InChI=1S/C17H12ClNO2S/c18-13-8-6-11(7-9-13)16-14(10-15(20)21)22-17(19-16)12-4-2-1-3-5-12/h1-9H,10H2,(H,20,21)/p-1. The Morgan fingerprint density at radius 3 is 2.36 bits per heavy atom. The van der Waals surface area contributed by atoms with Crippen molar-refractivity contribution in [2.45, 2.75) is 6.42 Å². The van der Waals surface area contributed by atoms with E-state index in [1.165, 1.54) is 11.3 Å². The van der Waals surface area contributed by atoms with Crippen LogP contribution in [0.2, 0.25) is 5.02 Å². The molecule has 0 saturated heterocycles. The second kappa shape index (κ2) is 6.30. The smallest absolute Gasteiger partial charge is 0.124 e. The van der Waals surface area contributed by atoms with Gasteiger partial charge in [0.1, 0.15) is 5.01 Å². The maximum Gasteiger partial charge on any atom is 0.124 e. The number of hydrogen-bond acceptors (Lipinski definition) is 4. The summed E-state index contributed by atoms with van der Waals surface area (Å²) in [5, 5.41) is 12.4. The number of aromatic nitrogens is 1. The average Bonchev–Trinajstić information content (AvgIpc) is 2.92. The number of halogens is 1. The summed E-state index contributed by atoms with van der Waals surface area (Å²) in [7, 11) is 0. The summed E-state index contributed by atoms with van der Waals surface area (Å²) in [6, 6.07) is 16.9. The lowest BCUT2D eigenvalue weighted by molar-refractivity contribution is -0.304. The van der Waals surface area contributed by atoms with Crippen molar-refractivity contribution in [1.82, 2.24) is 4.98 Å². The normalized spacial score (nSPS) is 10.6. The highest BCUT2D eigenvalue weighted by atomic mass is 35.5. The molecular formula is C17H11ClNO2S-. The van der Waals surface area contributed by atoms with Crippen molar-refractivity contribution in [2.24, 2.45) is 0 Å². The molecule has 0 aliphatic heterocycles. The first-order valence-corrected chi connectivity index (χ1v) is 7.84. The molecule has 1 aromatic heterocycles. The first-order chi connectivity index (χ1) is 10.6. The Balaban J connectivity index is 2.09. The number of carboxylic acid groups (broad SMARTS) is 1. The lowest BCUT2D eigenvalue weighted by atomic mass is 10.1. The fraction of sp³-hybridized carbons (Fsp3) is 0.0588. The summed E-state index contributed by atoms with van der Waals surface area (Å²) >= 11 is 7.28. The number of rotatable bonds is 4. The van der Waals surface area contributed by atoms with Crippen molar-refractivity contribution in [3.8, 4) is 21.8 Å². The molecule has 0 radical (unpaired) electrons. The van der Waals surface area contributed by atoms with Gasteiger partial charge in [-0.3, -0.25) is 0 Å². The van der Waals surface area contributed by atoms with E-state index in [0.717, 1.165) is 16.1 Å². The molecule has 2 aromatic carbocycles. The van der Waals surface area contributed by atoms with Crippen molar-refractivity contribution < 1.29 is 9.90 Å². The lowest BCUT2D eigenvalue weighted by Crippen LogP contribution is -2.24. The van der Waals surface area contributed by atoms with Crippen LogP contribution >= 0.6 is 22.9 Å². The first-order valence-electron chi connectivity index (χ1n) is 6.64. The van der Waals surface area contributed by atoms with Crippen LogP contribution in [0.3, 0.4) is 0 Å². The second-order valence-corrected chi connectivity index (χ2v) is 6.23. The number of thiazole rings is 1. The van der Waals surface area contributed by atoms with Gasteiger partial charge in [-0.25, -0.2) is 4.98 Å². The molecule has 0 aliphatic carbocycles. The van der Waals surface area contributed by atoms with Gasteiger partial charge >= 0.3 is 0 Å². The highest BCUT2D eigenvalue weighted by molar-refractivity contribution is 7.15. The van der Waals surface area contributed by atoms with Crippen LogP contribution in [0.25, 0.3) is 21.8 Å². The molecule has 0 saturated carbocycles. The summed E-state index contributed by atoms with van der Waals surface area (Å²) in [5.41, 5.74) is 2.48. The minimum absolute atomic E-state index is 0.150. The van der Waals surface area contributed by atoms with E-state index in [-0.39, 0.29) is 6.42 Å². The molecule has 110 valence electrons. The molecule has 3 aromatic rings. The zero-order valence-electron chi connectivity index (χ0n) is 11.5. The van der Waals surface area contributed by atoms with Gasteiger partial charge < -0.3 is 9.90 Å². The number of carbonyl (C=O) groups is 1. The maximum absolute atomic E-state index is 11.0. The fourth-order valence-electron chi connectivity index (χ4n) is 2.14. The van der Waals surface area contributed by atoms with Crippen LogP contribution in [-0.2, 0) is 11.2 Å². The van der Waals surface area contributed by atoms with Crippen molar-refractivity contribution in [3.05, 3.63) is 64.5 Å². The van der Waals surface area contributed by atoms with Crippen LogP contribution in [0.1, 0.15) is 4.88 Å². The van der Waals surface area contributed by atoms with E-state index in [1.54, 1.807) is 12.1 Å². The molecule has 0 fully saturated rings. The highest BCUT2D eigenvalue weighted by Crippen LogP contribution is 2.34.